The Hall–Kier alpha value is -10.2. The highest BCUT2D eigenvalue weighted by molar-refractivity contribution is 6.14. The third-order valence-corrected chi connectivity index (χ3v) is 18.8. The predicted molar refractivity (Wildman–Crippen MR) is 401 cm³/mol. The van der Waals surface area contributed by atoms with E-state index in [2.05, 4.69) is 338 Å². The number of rotatable bonds is 11. The number of hydrogen-bond acceptors (Lipinski definition) is 2. The molecule has 13 aromatic rings. The van der Waals surface area contributed by atoms with Gasteiger partial charge in [0.15, 0.2) is 0 Å². The summed E-state index contributed by atoms with van der Waals surface area (Å²) < 4.78 is 0. The topological polar surface area (TPSA) is 32.6 Å². The van der Waals surface area contributed by atoms with Gasteiger partial charge in [-0.15, -0.1) is 0 Å². The Bertz CT molecular complexity index is 4650. The largest absolute Gasteiger partial charge is 0.507 e. The summed E-state index contributed by atoms with van der Waals surface area (Å²) in [5.41, 5.74) is 25.9. The fourth-order valence-electron chi connectivity index (χ4n) is 13.2. The van der Waals surface area contributed by atoms with E-state index in [-0.39, 0.29) is 27.4 Å². The molecule has 0 aliphatic carbocycles. The SMILES string of the molecule is CC(C)(C)c1ccc(-c2ccc(-c3cc(-c4ccccc4)cc(-c4ccc(-c5ccc(C(C)(C)C)cc5)cc4)c3-c3cc(-c4ccc(C(C)(C)C)cc4)c(N=Cc4cccc(-c5c6ccccc6cc6ccccc56)c4O)c(-c4ccc(C(C)(C)C)cc4)c3)cc2)cc1. The molecule has 0 unspecified atom stereocenters. The summed E-state index contributed by atoms with van der Waals surface area (Å²) in [4.78, 5) is 5.67. The van der Waals surface area contributed by atoms with Crippen LogP contribution in [0.4, 0.5) is 5.69 Å². The minimum Gasteiger partial charge on any atom is -0.507 e. The zero-order valence-electron chi connectivity index (χ0n) is 56.0. The van der Waals surface area contributed by atoms with Crippen LogP contribution in [0.25, 0.3) is 122 Å². The number of fused-ring (bicyclic) bond motifs is 2. The van der Waals surface area contributed by atoms with Crippen LogP contribution < -0.4 is 0 Å². The van der Waals surface area contributed by atoms with Gasteiger partial charge in [-0.05, 0) is 180 Å². The number of hydrogen-bond donors (Lipinski definition) is 1. The summed E-state index contributed by atoms with van der Waals surface area (Å²) in [6.07, 6.45) is 1.88. The van der Waals surface area contributed by atoms with E-state index in [4.69, 9.17) is 4.99 Å². The quantitative estimate of drug-likeness (QED) is 0.102. The van der Waals surface area contributed by atoms with Crippen molar-refractivity contribution in [1.82, 2.24) is 0 Å². The van der Waals surface area contributed by atoms with Crippen LogP contribution in [-0.2, 0) is 21.7 Å². The first kappa shape index (κ1) is 61.7. The van der Waals surface area contributed by atoms with Crippen molar-refractivity contribution in [3.8, 4) is 106 Å². The Balaban J connectivity index is 1.08. The van der Waals surface area contributed by atoms with Crippen molar-refractivity contribution >= 4 is 33.4 Å². The Morgan fingerprint density at radius 2 is 0.581 bits per heavy atom. The van der Waals surface area contributed by atoms with Crippen LogP contribution in [0.15, 0.2) is 278 Å². The van der Waals surface area contributed by atoms with E-state index in [9.17, 15) is 5.11 Å². The van der Waals surface area contributed by atoms with Crippen molar-refractivity contribution in [1.29, 1.82) is 0 Å². The van der Waals surface area contributed by atoms with Crippen molar-refractivity contribution < 1.29 is 5.11 Å². The lowest BCUT2D eigenvalue weighted by Crippen LogP contribution is -2.10. The number of phenols is 1. The molecule has 13 aromatic carbocycles. The van der Waals surface area contributed by atoms with Gasteiger partial charge in [0.2, 0.25) is 0 Å². The van der Waals surface area contributed by atoms with Gasteiger partial charge in [-0.2, -0.15) is 0 Å². The van der Waals surface area contributed by atoms with Gasteiger partial charge in [-0.25, -0.2) is 0 Å². The summed E-state index contributed by atoms with van der Waals surface area (Å²) in [6, 6.07) is 100. The number of nitrogens with zero attached hydrogens (tertiary/aromatic N) is 1. The normalized spacial score (nSPS) is 12.3. The van der Waals surface area contributed by atoms with Gasteiger partial charge in [0.05, 0.1) is 5.69 Å². The fourth-order valence-corrected chi connectivity index (χ4v) is 13.2. The molecule has 0 aliphatic rings. The summed E-state index contributed by atoms with van der Waals surface area (Å²) in [5.74, 6) is 0.181. The van der Waals surface area contributed by atoms with Gasteiger partial charge < -0.3 is 5.11 Å². The van der Waals surface area contributed by atoms with Crippen LogP contribution in [0.3, 0.4) is 0 Å². The summed E-state index contributed by atoms with van der Waals surface area (Å²) in [7, 11) is 0. The molecule has 0 saturated heterocycles. The molecule has 0 spiro atoms. The van der Waals surface area contributed by atoms with Crippen LogP contribution in [0.1, 0.15) is 111 Å². The Morgan fingerprint density at radius 1 is 0.258 bits per heavy atom. The number of para-hydroxylation sites is 1. The van der Waals surface area contributed by atoms with E-state index < -0.39 is 0 Å². The molecule has 0 aliphatic heterocycles. The minimum atomic E-state index is -0.0690. The zero-order chi connectivity index (χ0) is 65.0. The van der Waals surface area contributed by atoms with Crippen molar-refractivity contribution in [3.05, 3.63) is 301 Å². The maximum absolute atomic E-state index is 12.8. The molecule has 458 valence electrons. The van der Waals surface area contributed by atoms with Crippen LogP contribution >= 0.6 is 0 Å². The van der Waals surface area contributed by atoms with Crippen molar-refractivity contribution in [3.63, 3.8) is 0 Å². The van der Waals surface area contributed by atoms with E-state index in [0.29, 0.717) is 5.56 Å². The van der Waals surface area contributed by atoms with Gasteiger partial charge in [-0.3, -0.25) is 4.99 Å². The summed E-state index contributed by atoms with van der Waals surface area (Å²) >= 11 is 0. The molecule has 0 amide bonds. The maximum Gasteiger partial charge on any atom is 0.132 e. The predicted octanol–water partition coefficient (Wildman–Crippen LogP) is 25.6. The monoisotopic (exact) mass is 1210 g/mol. The second kappa shape index (κ2) is 24.5. The third kappa shape index (κ3) is 12.7. The molecule has 2 nitrogen and oxygen atoms in total. The standard InChI is InChI=1S/C91H83NO/c1-88(2,3)73-45-37-62(38-46-73)60-29-33-64(34-30-60)80-54-71(59-21-14-13-15-22-59)55-81(65-35-31-61(32-36-65)63-39-47-74(48-40-63)89(4,5)6)84(80)72-56-82(66-41-49-75(50-42-66)90(7,8)9)86(83(57-72)67-43-51-76(52-44-67)91(10,11)12)92-58-70-25-20-28-79(87(70)93)85-77-26-18-16-23-68(77)53-69-24-17-19-27-78(69)85/h13-58,93H,1-12H3. The molecule has 0 saturated carbocycles. The molecule has 13 rings (SSSR count). The first-order chi connectivity index (χ1) is 44.5. The molecular formula is C91H83NO. The lowest BCUT2D eigenvalue weighted by Gasteiger charge is -2.23. The van der Waals surface area contributed by atoms with Crippen LogP contribution in [-0.4, -0.2) is 11.3 Å². The van der Waals surface area contributed by atoms with Crippen LogP contribution in [0.5, 0.6) is 5.75 Å². The number of phenolic OH excluding ortho intramolecular Hbond substituents is 1. The van der Waals surface area contributed by atoms with Crippen molar-refractivity contribution in [2.45, 2.75) is 105 Å². The Labute approximate surface area is 551 Å². The molecule has 93 heavy (non-hydrogen) atoms. The van der Waals surface area contributed by atoms with Gasteiger partial charge in [0, 0.05) is 34.0 Å². The maximum atomic E-state index is 12.8. The van der Waals surface area contributed by atoms with Gasteiger partial charge >= 0.3 is 0 Å². The molecule has 0 radical (unpaired) electrons. The highest BCUT2D eigenvalue weighted by Crippen LogP contribution is 2.50. The molecule has 1 N–H and O–H groups in total. The van der Waals surface area contributed by atoms with Gasteiger partial charge in [0.1, 0.15) is 5.75 Å². The lowest BCUT2D eigenvalue weighted by atomic mass is 9.81. The molecule has 2 heteroatoms. The molecule has 0 aromatic heterocycles. The Kier molecular flexibility index (Phi) is 16.2. The third-order valence-electron chi connectivity index (χ3n) is 18.8. The van der Waals surface area contributed by atoms with E-state index >= 15 is 0 Å². The second-order valence-electron chi connectivity index (χ2n) is 29.4. The first-order valence-corrected chi connectivity index (χ1v) is 32.9. The molecular weight excluding hydrogens is 1120 g/mol. The van der Waals surface area contributed by atoms with Crippen LogP contribution in [0.2, 0.25) is 0 Å². The van der Waals surface area contributed by atoms with Crippen molar-refractivity contribution in [2.24, 2.45) is 4.99 Å². The van der Waals surface area contributed by atoms with Crippen molar-refractivity contribution in [2.75, 3.05) is 0 Å². The van der Waals surface area contributed by atoms with E-state index in [1.54, 1.807) is 0 Å². The molecule has 0 atom stereocenters. The number of benzene rings is 13. The number of aromatic hydroxyl groups is 1. The van der Waals surface area contributed by atoms with Gasteiger partial charge in [0.25, 0.3) is 0 Å². The summed E-state index contributed by atoms with van der Waals surface area (Å²) in [5, 5.41) is 17.2. The van der Waals surface area contributed by atoms with E-state index in [1.165, 1.54) is 33.4 Å². The average molecular weight is 1210 g/mol. The number of aliphatic imine (C=N–C) groups is 1. The first-order valence-electron chi connectivity index (χ1n) is 32.9. The fraction of sp³-hybridized carbons (Fsp3) is 0.176. The minimum absolute atomic E-state index is 0.0535. The Morgan fingerprint density at radius 3 is 0.978 bits per heavy atom. The van der Waals surface area contributed by atoms with E-state index in [0.717, 1.165) is 116 Å². The lowest BCUT2D eigenvalue weighted by molar-refractivity contribution is 0.476. The molecule has 0 bridgehead atoms. The van der Waals surface area contributed by atoms with Crippen LogP contribution in [0, 0.1) is 0 Å². The highest BCUT2D eigenvalue weighted by atomic mass is 16.3. The second-order valence-corrected chi connectivity index (χ2v) is 29.4. The summed E-state index contributed by atoms with van der Waals surface area (Å²) in [6.45, 7) is 27.2. The smallest absolute Gasteiger partial charge is 0.132 e. The van der Waals surface area contributed by atoms with E-state index in [1.807, 2.05) is 24.4 Å². The molecule has 0 heterocycles. The molecule has 0 fully saturated rings. The zero-order valence-corrected chi connectivity index (χ0v) is 56.0. The average Bonchev–Trinajstić information content (AvgIpc) is 0.757. The highest BCUT2D eigenvalue weighted by Gasteiger charge is 2.25. The van der Waals surface area contributed by atoms with Gasteiger partial charge in [-0.1, -0.05) is 320 Å².